The smallest absolute Gasteiger partial charge is 0.293 e. The first-order valence-electron chi connectivity index (χ1n) is 7.22. The van der Waals surface area contributed by atoms with E-state index in [9.17, 15) is 9.59 Å². The number of carbonyl (C=O) groups excluding carboxylic acids is 1. The van der Waals surface area contributed by atoms with Crippen molar-refractivity contribution in [2.75, 3.05) is 0 Å². The number of amides is 1. The van der Waals surface area contributed by atoms with Crippen molar-refractivity contribution in [3.63, 3.8) is 0 Å². The van der Waals surface area contributed by atoms with Gasteiger partial charge in [-0.25, -0.2) is 5.43 Å². The zero-order valence-electron chi connectivity index (χ0n) is 13.5. The van der Waals surface area contributed by atoms with E-state index < -0.39 is 5.91 Å². The van der Waals surface area contributed by atoms with E-state index in [4.69, 9.17) is 27.6 Å². The maximum atomic E-state index is 12.5. The zero-order valence-corrected chi connectivity index (χ0v) is 16.6. The highest BCUT2D eigenvalue weighted by Crippen LogP contribution is 2.26. The summed E-state index contributed by atoms with van der Waals surface area (Å²) in [4.78, 5) is 24.6. The molecule has 1 N–H and O–H groups in total. The van der Waals surface area contributed by atoms with E-state index in [1.54, 1.807) is 11.7 Å². The first kappa shape index (κ1) is 18.6. The number of nitrogens with one attached hydrogen (secondary N) is 1. The van der Waals surface area contributed by atoms with Gasteiger partial charge in [-0.1, -0.05) is 23.2 Å². The number of hydrogen-bond acceptors (Lipinski definition) is 5. The monoisotopic (exact) mass is 456 g/mol. The van der Waals surface area contributed by atoms with Crippen LogP contribution in [0.15, 0.2) is 37.2 Å². The van der Waals surface area contributed by atoms with Crippen LogP contribution in [0.5, 0.6) is 0 Å². The number of hydrazone groups is 1. The van der Waals surface area contributed by atoms with E-state index in [0.717, 1.165) is 5.69 Å². The third-order valence-corrected chi connectivity index (χ3v) is 5.11. The highest BCUT2D eigenvalue weighted by Gasteiger charge is 2.17. The summed E-state index contributed by atoms with van der Waals surface area (Å²) in [5.41, 5.74) is 3.29. The third-order valence-electron chi connectivity index (χ3n) is 3.66. The van der Waals surface area contributed by atoms with Crippen molar-refractivity contribution in [1.29, 1.82) is 0 Å². The summed E-state index contributed by atoms with van der Waals surface area (Å²) in [7, 11) is 1.72. The Labute approximate surface area is 165 Å². The van der Waals surface area contributed by atoms with Gasteiger partial charge in [0.05, 0.1) is 32.4 Å². The number of aromatic nitrogens is 2. The lowest BCUT2D eigenvalue weighted by Crippen LogP contribution is -2.19. The molecule has 0 unspecified atom stereocenters. The van der Waals surface area contributed by atoms with E-state index in [-0.39, 0.29) is 32.7 Å². The summed E-state index contributed by atoms with van der Waals surface area (Å²) in [6.07, 6.45) is 2.39. The Bertz CT molecular complexity index is 1120. The first-order valence-corrected chi connectivity index (χ1v) is 8.77. The van der Waals surface area contributed by atoms with Gasteiger partial charge in [0.15, 0.2) is 11.3 Å². The van der Waals surface area contributed by atoms with Crippen LogP contribution < -0.4 is 10.9 Å². The molecule has 2 aromatic heterocycles. The molecule has 2 heterocycles. The second-order valence-electron chi connectivity index (χ2n) is 5.36. The van der Waals surface area contributed by atoms with Gasteiger partial charge in [-0.3, -0.25) is 14.3 Å². The van der Waals surface area contributed by atoms with Crippen LogP contribution in [0.1, 0.15) is 21.7 Å². The molecule has 0 radical (unpaired) electrons. The molecule has 26 heavy (non-hydrogen) atoms. The molecule has 3 aromatic rings. The van der Waals surface area contributed by atoms with Gasteiger partial charge in [0.25, 0.3) is 5.91 Å². The van der Waals surface area contributed by atoms with Crippen molar-refractivity contribution in [3.8, 4) is 0 Å². The molecule has 134 valence electrons. The molecular weight excluding hydrogens is 447 g/mol. The predicted molar refractivity (Wildman–Crippen MR) is 103 cm³/mol. The molecule has 3 rings (SSSR count). The van der Waals surface area contributed by atoms with Crippen molar-refractivity contribution < 1.29 is 9.21 Å². The van der Waals surface area contributed by atoms with E-state index in [1.165, 1.54) is 24.6 Å². The number of carbonyl (C=O) groups is 1. The molecule has 0 aliphatic carbocycles. The van der Waals surface area contributed by atoms with Crippen LogP contribution in [0.25, 0.3) is 11.0 Å². The van der Waals surface area contributed by atoms with E-state index >= 15 is 0 Å². The summed E-state index contributed by atoms with van der Waals surface area (Å²) in [6.45, 7) is 1.81. The predicted octanol–water partition coefficient (Wildman–Crippen LogP) is 3.67. The minimum Gasteiger partial charge on any atom is -0.462 e. The van der Waals surface area contributed by atoms with Crippen LogP contribution in [0.2, 0.25) is 10.0 Å². The minimum atomic E-state index is -0.520. The molecule has 0 saturated carbocycles. The molecule has 1 aromatic carbocycles. The number of benzene rings is 1. The lowest BCUT2D eigenvalue weighted by Gasteiger charge is -2.01. The van der Waals surface area contributed by atoms with Gasteiger partial charge in [0, 0.05) is 12.1 Å². The molecule has 0 aliphatic heterocycles. The molecular formula is C16H11BrCl2N4O3. The Morgan fingerprint density at radius 3 is 2.81 bits per heavy atom. The Morgan fingerprint density at radius 2 is 2.15 bits per heavy atom. The van der Waals surface area contributed by atoms with E-state index in [2.05, 4.69) is 31.6 Å². The Morgan fingerprint density at radius 1 is 1.42 bits per heavy atom. The number of hydrogen-bond donors (Lipinski definition) is 1. The van der Waals surface area contributed by atoms with Crippen molar-refractivity contribution in [3.05, 3.63) is 60.1 Å². The SMILES string of the molecule is Cc1c(Br)c(C(=O)N/N=C/c2coc3c(Cl)cc(Cl)cc3c2=O)nn1C. The minimum absolute atomic E-state index is 0.132. The highest BCUT2D eigenvalue weighted by atomic mass is 79.9. The second-order valence-corrected chi connectivity index (χ2v) is 6.99. The molecule has 0 bridgehead atoms. The van der Waals surface area contributed by atoms with Crippen molar-refractivity contribution >= 4 is 62.2 Å². The molecule has 0 fully saturated rings. The molecule has 7 nitrogen and oxygen atoms in total. The lowest BCUT2D eigenvalue weighted by molar-refractivity contribution is 0.0948. The Hall–Kier alpha value is -2.16. The fraction of sp³-hybridized carbons (Fsp3) is 0.125. The summed E-state index contributed by atoms with van der Waals surface area (Å²) in [5.74, 6) is -0.520. The van der Waals surface area contributed by atoms with E-state index in [0.29, 0.717) is 9.50 Å². The van der Waals surface area contributed by atoms with Crippen LogP contribution >= 0.6 is 39.1 Å². The summed E-state index contributed by atoms with van der Waals surface area (Å²) in [5, 5.41) is 8.65. The third kappa shape index (κ3) is 3.40. The van der Waals surface area contributed by atoms with Crippen LogP contribution in [-0.2, 0) is 7.05 Å². The average molecular weight is 458 g/mol. The summed E-state index contributed by atoms with van der Waals surface area (Å²) < 4.78 is 7.51. The molecule has 0 aliphatic rings. The van der Waals surface area contributed by atoms with Crippen LogP contribution in [0.3, 0.4) is 0 Å². The standard InChI is InChI=1S/C16H11BrCl2N4O3/c1-7-12(17)13(22-23(7)2)16(25)21-20-5-8-6-26-15-10(14(8)24)3-9(18)4-11(15)19/h3-6H,1-2H3,(H,21,25)/b20-5+. The number of rotatable bonds is 3. The quantitative estimate of drug-likeness (QED) is 0.480. The fourth-order valence-corrected chi connectivity index (χ4v) is 3.26. The van der Waals surface area contributed by atoms with Gasteiger partial charge < -0.3 is 4.42 Å². The second kappa shape index (κ2) is 7.22. The summed E-state index contributed by atoms with van der Waals surface area (Å²) >= 11 is 15.2. The molecule has 10 heteroatoms. The molecule has 0 atom stereocenters. The first-order chi connectivity index (χ1) is 12.3. The molecule has 1 amide bonds. The lowest BCUT2D eigenvalue weighted by atomic mass is 10.2. The highest BCUT2D eigenvalue weighted by molar-refractivity contribution is 9.10. The average Bonchev–Trinajstić information content (AvgIpc) is 2.85. The van der Waals surface area contributed by atoms with E-state index in [1.807, 2.05) is 6.92 Å². The molecule has 0 saturated heterocycles. The molecule has 0 spiro atoms. The van der Waals surface area contributed by atoms with Crippen LogP contribution in [0.4, 0.5) is 0 Å². The number of halogens is 3. The maximum Gasteiger partial charge on any atom is 0.293 e. The van der Waals surface area contributed by atoms with Gasteiger partial charge in [-0.05, 0) is 35.0 Å². The summed E-state index contributed by atoms with van der Waals surface area (Å²) in [6, 6.07) is 2.94. The fourth-order valence-electron chi connectivity index (χ4n) is 2.21. The van der Waals surface area contributed by atoms with Gasteiger partial charge in [-0.2, -0.15) is 10.2 Å². The number of fused-ring (bicyclic) bond motifs is 1. The normalized spacial score (nSPS) is 11.4. The van der Waals surface area contributed by atoms with Crippen LogP contribution in [0, 0.1) is 6.92 Å². The Kier molecular flexibility index (Phi) is 5.17. The largest absolute Gasteiger partial charge is 0.462 e. The van der Waals surface area contributed by atoms with Crippen molar-refractivity contribution in [1.82, 2.24) is 15.2 Å². The van der Waals surface area contributed by atoms with Crippen molar-refractivity contribution in [2.24, 2.45) is 12.1 Å². The maximum absolute atomic E-state index is 12.5. The topological polar surface area (TPSA) is 89.5 Å². The van der Waals surface area contributed by atoms with Gasteiger partial charge >= 0.3 is 0 Å². The van der Waals surface area contributed by atoms with Crippen molar-refractivity contribution in [2.45, 2.75) is 6.92 Å². The Balaban J connectivity index is 1.87. The van der Waals surface area contributed by atoms with Gasteiger partial charge in [0.1, 0.15) is 6.26 Å². The number of nitrogens with zero attached hydrogens (tertiary/aromatic N) is 3. The van der Waals surface area contributed by atoms with Gasteiger partial charge in [-0.15, -0.1) is 0 Å². The van der Waals surface area contributed by atoms with Gasteiger partial charge in [0.2, 0.25) is 5.43 Å². The number of aryl methyl sites for hydroxylation is 1. The van der Waals surface area contributed by atoms with Crippen LogP contribution in [-0.4, -0.2) is 21.9 Å². The zero-order chi connectivity index (χ0) is 19.0.